The van der Waals surface area contributed by atoms with Crippen molar-refractivity contribution in [2.45, 2.75) is 25.4 Å². The van der Waals surface area contributed by atoms with Gasteiger partial charge in [-0.15, -0.1) is 0 Å². The fourth-order valence-corrected chi connectivity index (χ4v) is 3.48. The lowest BCUT2D eigenvalue weighted by Crippen LogP contribution is -2.27. The number of aromatic nitrogens is 4. The van der Waals surface area contributed by atoms with E-state index in [0.29, 0.717) is 11.6 Å². The standard InChI is InChI=1S/C19H20FN5O2/c1-24(17(12-3-4-12)13-5-7-14(20)8-6-13)18-15-9-23-25(10-16(26)27-2)19(15)22-11-21-18/h5-9,11-12,17H,3-4,10H2,1-2H3. The van der Waals surface area contributed by atoms with Crippen molar-refractivity contribution in [3.63, 3.8) is 0 Å². The Kier molecular flexibility index (Phi) is 4.47. The largest absolute Gasteiger partial charge is 0.468 e. The Morgan fingerprint density at radius 2 is 2.07 bits per heavy atom. The summed E-state index contributed by atoms with van der Waals surface area (Å²) in [7, 11) is 3.32. The van der Waals surface area contributed by atoms with Crippen molar-refractivity contribution < 1.29 is 13.9 Å². The number of carbonyl (C=O) groups excluding carboxylic acids is 1. The van der Waals surface area contributed by atoms with Crippen LogP contribution < -0.4 is 4.90 Å². The molecule has 2 aromatic heterocycles. The molecule has 1 aliphatic rings. The molecule has 1 atom stereocenters. The van der Waals surface area contributed by atoms with Gasteiger partial charge in [0.15, 0.2) is 5.65 Å². The molecule has 0 amide bonds. The van der Waals surface area contributed by atoms with Gasteiger partial charge < -0.3 is 9.64 Å². The predicted octanol–water partition coefficient (Wildman–Crippen LogP) is 2.73. The average Bonchev–Trinajstić information content (AvgIpc) is 3.43. The summed E-state index contributed by atoms with van der Waals surface area (Å²) in [5.74, 6) is 0.591. The maximum atomic E-state index is 13.4. The third kappa shape index (κ3) is 3.34. The molecule has 3 aromatic rings. The summed E-state index contributed by atoms with van der Waals surface area (Å²) in [4.78, 5) is 22.4. The van der Waals surface area contributed by atoms with Gasteiger partial charge in [0.2, 0.25) is 0 Å². The zero-order chi connectivity index (χ0) is 19.0. The van der Waals surface area contributed by atoms with E-state index in [0.717, 1.165) is 29.6 Å². The quantitative estimate of drug-likeness (QED) is 0.622. The van der Waals surface area contributed by atoms with E-state index in [1.807, 2.05) is 19.2 Å². The highest BCUT2D eigenvalue weighted by Gasteiger charge is 2.36. The van der Waals surface area contributed by atoms with Gasteiger partial charge in [-0.1, -0.05) is 12.1 Å². The molecule has 0 N–H and O–H groups in total. The highest BCUT2D eigenvalue weighted by atomic mass is 19.1. The number of methoxy groups -OCH3 is 1. The minimum atomic E-state index is -0.393. The van der Waals surface area contributed by atoms with Gasteiger partial charge in [-0.25, -0.2) is 19.0 Å². The Morgan fingerprint density at radius 3 is 2.74 bits per heavy atom. The van der Waals surface area contributed by atoms with Gasteiger partial charge in [-0.3, -0.25) is 4.79 Å². The minimum Gasteiger partial charge on any atom is -0.468 e. The summed E-state index contributed by atoms with van der Waals surface area (Å²) in [5, 5.41) is 5.03. The van der Waals surface area contributed by atoms with Crippen molar-refractivity contribution >= 4 is 22.8 Å². The number of hydrogen-bond acceptors (Lipinski definition) is 6. The molecular formula is C19H20FN5O2. The summed E-state index contributed by atoms with van der Waals surface area (Å²) < 4.78 is 19.6. The molecule has 2 heterocycles. The molecule has 0 spiro atoms. The van der Waals surface area contributed by atoms with Gasteiger partial charge in [0.05, 0.1) is 24.7 Å². The molecule has 1 aliphatic carbocycles. The molecule has 8 heteroatoms. The minimum absolute atomic E-state index is 0.00974. The third-order valence-electron chi connectivity index (χ3n) is 4.95. The zero-order valence-electron chi connectivity index (χ0n) is 15.2. The van der Waals surface area contributed by atoms with Crippen LogP contribution in [0.25, 0.3) is 11.0 Å². The third-order valence-corrected chi connectivity index (χ3v) is 4.95. The summed E-state index contributed by atoms with van der Waals surface area (Å²) in [5.41, 5.74) is 1.63. The van der Waals surface area contributed by atoms with Crippen LogP contribution in [0.2, 0.25) is 0 Å². The molecular weight excluding hydrogens is 349 g/mol. The van der Waals surface area contributed by atoms with Gasteiger partial charge in [0, 0.05) is 7.05 Å². The van der Waals surface area contributed by atoms with E-state index in [1.54, 1.807) is 6.20 Å². The number of carbonyl (C=O) groups is 1. The predicted molar refractivity (Wildman–Crippen MR) is 97.6 cm³/mol. The van der Waals surface area contributed by atoms with Crippen molar-refractivity contribution in [3.8, 4) is 0 Å². The summed E-state index contributed by atoms with van der Waals surface area (Å²) in [6.07, 6.45) is 5.39. The van der Waals surface area contributed by atoms with Crippen LogP contribution in [0.15, 0.2) is 36.8 Å². The molecule has 4 rings (SSSR count). The number of nitrogens with zero attached hydrogens (tertiary/aromatic N) is 5. The Bertz CT molecular complexity index is 968. The van der Waals surface area contributed by atoms with Gasteiger partial charge in [-0.2, -0.15) is 5.10 Å². The second kappa shape index (κ2) is 6.94. The molecule has 0 radical (unpaired) electrons. The molecule has 0 bridgehead atoms. The molecule has 0 aliphatic heterocycles. The number of hydrogen-bond donors (Lipinski definition) is 0. The van der Waals surface area contributed by atoms with E-state index in [9.17, 15) is 9.18 Å². The average molecular weight is 369 g/mol. The van der Waals surface area contributed by atoms with Crippen molar-refractivity contribution in [1.29, 1.82) is 0 Å². The molecule has 27 heavy (non-hydrogen) atoms. The first-order valence-electron chi connectivity index (χ1n) is 8.80. The van der Waals surface area contributed by atoms with E-state index in [4.69, 9.17) is 4.74 Å². The Morgan fingerprint density at radius 1 is 1.33 bits per heavy atom. The molecule has 1 fully saturated rings. The van der Waals surface area contributed by atoms with Crippen molar-refractivity contribution in [2.24, 2.45) is 5.92 Å². The van der Waals surface area contributed by atoms with Gasteiger partial charge in [0.1, 0.15) is 24.5 Å². The van der Waals surface area contributed by atoms with E-state index in [1.165, 1.54) is 30.3 Å². The van der Waals surface area contributed by atoms with Crippen LogP contribution in [-0.2, 0) is 16.1 Å². The van der Waals surface area contributed by atoms with Gasteiger partial charge in [-0.05, 0) is 36.5 Å². The van der Waals surface area contributed by atoms with Crippen LogP contribution in [0.5, 0.6) is 0 Å². The van der Waals surface area contributed by atoms with Crippen LogP contribution in [-0.4, -0.2) is 39.9 Å². The van der Waals surface area contributed by atoms with E-state index in [-0.39, 0.29) is 18.4 Å². The Labute approximate surface area is 155 Å². The molecule has 7 nitrogen and oxygen atoms in total. The zero-order valence-corrected chi connectivity index (χ0v) is 15.2. The maximum absolute atomic E-state index is 13.4. The lowest BCUT2D eigenvalue weighted by molar-refractivity contribution is -0.141. The molecule has 0 saturated heterocycles. The first kappa shape index (κ1) is 17.4. The first-order valence-corrected chi connectivity index (χ1v) is 8.80. The van der Waals surface area contributed by atoms with Crippen LogP contribution in [0.1, 0.15) is 24.4 Å². The molecule has 1 unspecified atom stereocenters. The van der Waals surface area contributed by atoms with E-state index < -0.39 is 5.97 Å². The van der Waals surface area contributed by atoms with Crippen LogP contribution in [0, 0.1) is 11.7 Å². The number of benzene rings is 1. The van der Waals surface area contributed by atoms with Gasteiger partial charge >= 0.3 is 5.97 Å². The Hall–Kier alpha value is -3.03. The number of anilines is 1. The SMILES string of the molecule is COC(=O)Cn1ncc2c(N(C)C(c3ccc(F)cc3)C3CC3)ncnc21. The maximum Gasteiger partial charge on any atom is 0.327 e. The second-order valence-corrected chi connectivity index (χ2v) is 6.76. The van der Waals surface area contributed by atoms with Gasteiger partial charge in [0.25, 0.3) is 0 Å². The summed E-state index contributed by atoms with van der Waals surface area (Å²) in [6.45, 7) is -0.00974. The van der Waals surface area contributed by atoms with Crippen molar-refractivity contribution in [2.75, 3.05) is 19.1 Å². The number of fused-ring (bicyclic) bond motifs is 1. The number of halogens is 1. The lowest BCUT2D eigenvalue weighted by atomic mass is 10.0. The van der Waals surface area contributed by atoms with Crippen LogP contribution in [0.3, 0.4) is 0 Å². The smallest absolute Gasteiger partial charge is 0.327 e. The van der Waals surface area contributed by atoms with Crippen LogP contribution >= 0.6 is 0 Å². The lowest BCUT2D eigenvalue weighted by Gasteiger charge is -2.30. The highest BCUT2D eigenvalue weighted by Crippen LogP contribution is 2.45. The molecule has 1 aromatic carbocycles. The molecule has 1 saturated carbocycles. The highest BCUT2D eigenvalue weighted by molar-refractivity contribution is 5.87. The fraction of sp³-hybridized carbons (Fsp3) is 0.368. The monoisotopic (exact) mass is 369 g/mol. The first-order chi connectivity index (χ1) is 13.1. The fourth-order valence-electron chi connectivity index (χ4n) is 3.48. The number of rotatable bonds is 6. The van der Waals surface area contributed by atoms with E-state index >= 15 is 0 Å². The topological polar surface area (TPSA) is 73.1 Å². The normalized spacial score (nSPS) is 14.9. The molecule has 140 valence electrons. The second-order valence-electron chi connectivity index (χ2n) is 6.76. The van der Waals surface area contributed by atoms with Crippen LogP contribution in [0.4, 0.5) is 10.2 Å². The summed E-state index contributed by atoms with van der Waals surface area (Å²) >= 11 is 0. The van der Waals surface area contributed by atoms with Crippen molar-refractivity contribution in [3.05, 3.63) is 48.2 Å². The number of esters is 1. The Balaban J connectivity index is 1.71. The van der Waals surface area contributed by atoms with Crippen molar-refractivity contribution in [1.82, 2.24) is 19.7 Å². The number of ether oxygens (including phenoxy) is 1. The van der Waals surface area contributed by atoms with E-state index in [2.05, 4.69) is 20.0 Å². The summed E-state index contributed by atoms with van der Waals surface area (Å²) in [6, 6.07) is 6.72.